The van der Waals surface area contributed by atoms with Crippen LogP contribution in [0.15, 0.2) is 42.7 Å². The third-order valence-corrected chi connectivity index (χ3v) is 3.01. The van der Waals surface area contributed by atoms with Gasteiger partial charge in [-0.2, -0.15) is 0 Å². The number of aromatic nitrogens is 1. The molecule has 0 amide bonds. The van der Waals surface area contributed by atoms with Crippen molar-refractivity contribution in [1.29, 1.82) is 0 Å². The fourth-order valence-electron chi connectivity index (χ4n) is 1.99. The van der Waals surface area contributed by atoms with Gasteiger partial charge in [0.2, 0.25) is 0 Å². The topological polar surface area (TPSA) is 42.1 Å². The highest BCUT2D eigenvalue weighted by molar-refractivity contribution is 5.58. The van der Waals surface area contributed by atoms with Gasteiger partial charge in [0, 0.05) is 37.4 Å². The van der Waals surface area contributed by atoms with E-state index in [1.807, 2.05) is 24.5 Å². The maximum atomic E-state index is 5.87. The lowest BCUT2D eigenvalue weighted by Crippen LogP contribution is -2.20. The van der Waals surface area contributed by atoms with E-state index in [2.05, 4.69) is 42.1 Å². The van der Waals surface area contributed by atoms with Gasteiger partial charge in [0.25, 0.3) is 0 Å². The highest BCUT2D eigenvalue weighted by Gasteiger charge is 2.03. The van der Waals surface area contributed by atoms with Crippen LogP contribution in [0.3, 0.4) is 0 Å². The van der Waals surface area contributed by atoms with Crippen molar-refractivity contribution in [2.75, 3.05) is 24.2 Å². The van der Waals surface area contributed by atoms with Crippen molar-refractivity contribution in [2.45, 2.75) is 13.3 Å². The molecule has 2 N–H and O–H groups in total. The van der Waals surface area contributed by atoms with Gasteiger partial charge in [-0.1, -0.05) is 0 Å². The summed E-state index contributed by atoms with van der Waals surface area (Å²) in [7, 11) is 2.09. The number of pyridine rings is 1. The van der Waals surface area contributed by atoms with Crippen LogP contribution in [0, 0.1) is 6.92 Å². The van der Waals surface area contributed by atoms with Crippen LogP contribution in [-0.4, -0.2) is 18.6 Å². The summed E-state index contributed by atoms with van der Waals surface area (Å²) < 4.78 is 0. The first-order valence-electron chi connectivity index (χ1n) is 6.12. The highest BCUT2D eigenvalue weighted by atomic mass is 15.1. The van der Waals surface area contributed by atoms with Crippen molar-refractivity contribution >= 4 is 11.4 Å². The molecule has 0 spiro atoms. The van der Waals surface area contributed by atoms with Crippen LogP contribution in [0.4, 0.5) is 11.4 Å². The van der Waals surface area contributed by atoms with Crippen LogP contribution in [-0.2, 0) is 6.42 Å². The first-order chi connectivity index (χ1) is 8.65. The summed E-state index contributed by atoms with van der Waals surface area (Å²) >= 11 is 0. The minimum atomic E-state index is 0.820. The molecule has 0 bridgehead atoms. The third-order valence-electron chi connectivity index (χ3n) is 3.01. The number of anilines is 2. The second-order valence-corrected chi connectivity index (χ2v) is 4.63. The number of nitrogen functional groups attached to an aromatic ring is 1. The van der Waals surface area contributed by atoms with Crippen molar-refractivity contribution in [3.63, 3.8) is 0 Å². The Morgan fingerprint density at radius 1 is 1.17 bits per heavy atom. The van der Waals surface area contributed by atoms with Crippen LogP contribution in [0.25, 0.3) is 0 Å². The van der Waals surface area contributed by atoms with Crippen molar-refractivity contribution in [2.24, 2.45) is 0 Å². The average molecular weight is 241 g/mol. The number of nitrogens with two attached hydrogens (primary N) is 1. The van der Waals surface area contributed by atoms with Crippen molar-refractivity contribution in [1.82, 2.24) is 4.98 Å². The summed E-state index contributed by atoms with van der Waals surface area (Å²) in [5.41, 5.74) is 10.4. The highest BCUT2D eigenvalue weighted by Crippen LogP contribution is 2.19. The van der Waals surface area contributed by atoms with E-state index < -0.39 is 0 Å². The Labute approximate surface area is 108 Å². The van der Waals surface area contributed by atoms with Gasteiger partial charge in [-0.05, 0) is 54.8 Å². The lowest BCUT2D eigenvalue weighted by atomic mass is 10.1. The van der Waals surface area contributed by atoms with Gasteiger partial charge < -0.3 is 10.6 Å². The summed E-state index contributed by atoms with van der Waals surface area (Å²) in [6.45, 7) is 3.03. The van der Waals surface area contributed by atoms with Gasteiger partial charge in [-0.3, -0.25) is 4.98 Å². The number of hydrogen-bond acceptors (Lipinski definition) is 3. The molecule has 0 unspecified atom stereocenters. The molecule has 1 aromatic carbocycles. The van der Waals surface area contributed by atoms with Gasteiger partial charge >= 0.3 is 0 Å². The van der Waals surface area contributed by atoms with Crippen LogP contribution in [0.2, 0.25) is 0 Å². The maximum absolute atomic E-state index is 5.87. The van der Waals surface area contributed by atoms with Gasteiger partial charge in [-0.15, -0.1) is 0 Å². The van der Waals surface area contributed by atoms with E-state index in [0.717, 1.165) is 18.7 Å². The van der Waals surface area contributed by atoms with E-state index in [4.69, 9.17) is 5.73 Å². The normalized spacial score (nSPS) is 10.3. The maximum Gasteiger partial charge on any atom is 0.0387 e. The van der Waals surface area contributed by atoms with Crippen LogP contribution >= 0.6 is 0 Å². The fourth-order valence-corrected chi connectivity index (χ4v) is 1.99. The Bertz CT molecular complexity index is 488. The van der Waals surface area contributed by atoms with E-state index in [-0.39, 0.29) is 0 Å². The Kier molecular flexibility index (Phi) is 3.82. The zero-order valence-corrected chi connectivity index (χ0v) is 10.9. The zero-order chi connectivity index (χ0) is 13.0. The molecule has 0 saturated carbocycles. The Morgan fingerprint density at radius 2 is 1.89 bits per heavy atom. The standard InChI is InChI=1S/C15H19N3/c1-12-9-14(16)11-15(10-12)18(2)8-5-13-3-6-17-7-4-13/h3-4,6-7,9-11H,5,8,16H2,1-2H3. The van der Waals surface area contributed by atoms with Crippen LogP contribution in [0.5, 0.6) is 0 Å². The van der Waals surface area contributed by atoms with Crippen molar-refractivity contribution in [3.8, 4) is 0 Å². The summed E-state index contributed by atoms with van der Waals surface area (Å²) in [6.07, 6.45) is 4.67. The lowest BCUT2D eigenvalue weighted by Gasteiger charge is -2.20. The first kappa shape index (κ1) is 12.4. The smallest absolute Gasteiger partial charge is 0.0387 e. The first-order valence-corrected chi connectivity index (χ1v) is 6.12. The predicted molar refractivity (Wildman–Crippen MR) is 76.8 cm³/mol. The van der Waals surface area contributed by atoms with E-state index in [9.17, 15) is 0 Å². The summed E-state index contributed by atoms with van der Waals surface area (Å²) in [5, 5.41) is 0. The fraction of sp³-hybridized carbons (Fsp3) is 0.267. The molecule has 0 saturated heterocycles. The number of nitrogens with zero attached hydrogens (tertiary/aromatic N) is 2. The van der Waals surface area contributed by atoms with Gasteiger partial charge in [0.05, 0.1) is 0 Å². The molecule has 0 aliphatic rings. The number of likely N-dealkylation sites (N-methyl/N-ethyl adjacent to an activating group) is 1. The largest absolute Gasteiger partial charge is 0.399 e. The Hall–Kier alpha value is -2.03. The van der Waals surface area contributed by atoms with E-state index in [0.29, 0.717) is 0 Å². The molecule has 0 aliphatic heterocycles. The molecule has 0 fully saturated rings. The van der Waals surface area contributed by atoms with Crippen LogP contribution in [0.1, 0.15) is 11.1 Å². The van der Waals surface area contributed by atoms with E-state index in [1.54, 1.807) is 0 Å². The molecular weight excluding hydrogens is 222 g/mol. The second-order valence-electron chi connectivity index (χ2n) is 4.63. The molecule has 3 nitrogen and oxygen atoms in total. The van der Waals surface area contributed by atoms with Crippen molar-refractivity contribution in [3.05, 3.63) is 53.9 Å². The number of rotatable bonds is 4. The van der Waals surface area contributed by atoms with E-state index in [1.165, 1.54) is 16.8 Å². The molecule has 94 valence electrons. The average Bonchev–Trinajstić information content (AvgIpc) is 2.36. The molecule has 2 aromatic rings. The zero-order valence-electron chi connectivity index (χ0n) is 10.9. The summed E-state index contributed by atoms with van der Waals surface area (Å²) in [5.74, 6) is 0. The molecule has 0 aliphatic carbocycles. The second kappa shape index (κ2) is 5.54. The summed E-state index contributed by atoms with van der Waals surface area (Å²) in [6, 6.07) is 10.3. The molecule has 1 aromatic heterocycles. The van der Waals surface area contributed by atoms with Gasteiger partial charge in [-0.25, -0.2) is 0 Å². The molecule has 1 heterocycles. The predicted octanol–water partition coefficient (Wildman–Crippen LogP) is 2.65. The van der Waals surface area contributed by atoms with Gasteiger partial charge in [0.1, 0.15) is 0 Å². The SMILES string of the molecule is Cc1cc(N)cc(N(C)CCc2ccncc2)c1. The Morgan fingerprint density at radius 3 is 2.56 bits per heavy atom. The van der Waals surface area contributed by atoms with Crippen molar-refractivity contribution < 1.29 is 0 Å². The monoisotopic (exact) mass is 241 g/mol. The minimum Gasteiger partial charge on any atom is -0.399 e. The molecule has 2 rings (SSSR count). The van der Waals surface area contributed by atoms with Crippen LogP contribution < -0.4 is 10.6 Å². The molecule has 18 heavy (non-hydrogen) atoms. The molecule has 0 radical (unpaired) electrons. The number of aryl methyl sites for hydroxylation is 1. The van der Waals surface area contributed by atoms with E-state index >= 15 is 0 Å². The quantitative estimate of drug-likeness (QED) is 0.837. The molecule has 3 heteroatoms. The molecular formula is C15H19N3. The third kappa shape index (κ3) is 3.23. The summed E-state index contributed by atoms with van der Waals surface area (Å²) in [4.78, 5) is 6.25. The minimum absolute atomic E-state index is 0.820. The Balaban J connectivity index is 2.01. The molecule has 0 atom stereocenters. The van der Waals surface area contributed by atoms with Gasteiger partial charge in [0.15, 0.2) is 0 Å². The lowest BCUT2D eigenvalue weighted by molar-refractivity contribution is 0.874. The number of benzene rings is 1. The number of hydrogen-bond donors (Lipinski definition) is 1.